The molecule has 0 saturated carbocycles. The summed E-state index contributed by atoms with van der Waals surface area (Å²) in [7, 11) is 0. The van der Waals surface area contributed by atoms with Gasteiger partial charge in [0, 0.05) is 12.5 Å². The molecule has 1 saturated heterocycles. The predicted molar refractivity (Wildman–Crippen MR) is 82.9 cm³/mol. The highest BCUT2D eigenvalue weighted by Crippen LogP contribution is 2.41. The lowest BCUT2D eigenvalue weighted by atomic mass is 10.0. The van der Waals surface area contributed by atoms with Crippen molar-refractivity contribution in [1.29, 1.82) is 0 Å². The third kappa shape index (κ3) is 4.99. The molecular formula is C16H21ClF3NO2. The van der Waals surface area contributed by atoms with Gasteiger partial charge in [-0.25, -0.2) is 0 Å². The van der Waals surface area contributed by atoms with E-state index in [1.165, 1.54) is 18.2 Å². The molecule has 2 rings (SSSR count). The summed E-state index contributed by atoms with van der Waals surface area (Å²) in [5, 5.41) is 2.84. The Morgan fingerprint density at radius 1 is 1.35 bits per heavy atom. The quantitative estimate of drug-likeness (QED) is 0.835. The van der Waals surface area contributed by atoms with Crippen molar-refractivity contribution in [2.45, 2.75) is 38.7 Å². The van der Waals surface area contributed by atoms with E-state index in [9.17, 15) is 13.2 Å². The number of benzene rings is 1. The second kappa shape index (κ2) is 7.73. The fourth-order valence-corrected chi connectivity index (χ4v) is 2.86. The second-order valence-electron chi connectivity index (χ2n) is 5.90. The van der Waals surface area contributed by atoms with Crippen molar-refractivity contribution in [3.8, 4) is 5.75 Å². The lowest BCUT2D eigenvalue weighted by molar-refractivity contribution is -0.139. The van der Waals surface area contributed by atoms with Gasteiger partial charge in [-0.15, -0.1) is 0 Å². The Bertz CT molecular complexity index is 517. The number of halogens is 4. The Kier molecular flexibility index (Phi) is 6.17. The Balaban J connectivity index is 2.23. The molecule has 0 spiro atoms. The topological polar surface area (TPSA) is 30.5 Å². The maximum Gasteiger partial charge on any atom is 0.421 e. The standard InChI is InChI=1S/C16H21ClF3NO2/c1-10(2)22-9-14(11-6-7-21-8-11)23-13-5-3-4-12(17)15(13)16(18,19)20/h3-5,10-11,14,21H,6-9H2,1-2H3/t11-,14-/m0/s1. The minimum Gasteiger partial charge on any atom is -0.487 e. The summed E-state index contributed by atoms with van der Waals surface area (Å²) in [4.78, 5) is 0. The van der Waals surface area contributed by atoms with Crippen LogP contribution in [-0.4, -0.2) is 31.9 Å². The van der Waals surface area contributed by atoms with Gasteiger partial charge in [0.05, 0.1) is 17.7 Å². The van der Waals surface area contributed by atoms with E-state index < -0.39 is 17.8 Å². The number of nitrogens with one attached hydrogen (secondary N) is 1. The first kappa shape index (κ1) is 18.4. The predicted octanol–water partition coefficient (Wildman–Crippen LogP) is 4.14. The van der Waals surface area contributed by atoms with Crippen LogP contribution in [0.2, 0.25) is 5.02 Å². The smallest absolute Gasteiger partial charge is 0.421 e. The first-order chi connectivity index (χ1) is 10.8. The van der Waals surface area contributed by atoms with Gasteiger partial charge in [0.25, 0.3) is 0 Å². The van der Waals surface area contributed by atoms with Crippen molar-refractivity contribution >= 4 is 11.6 Å². The van der Waals surface area contributed by atoms with E-state index in [2.05, 4.69) is 5.32 Å². The number of rotatable bonds is 6. The van der Waals surface area contributed by atoms with Crippen LogP contribution >= 0.6 is 11.6 Å². The Morgan fingerprint density at radius 3 is 2.65 bits per heavy atom. The highest BCUT2D eigenvalue weighted by atomic mass is 35.5. The SMILES string of the molecule is CC(C)OC[C@H](Oc1cccc(Cl)c1C(F)(F)F)[C@H]1CCNC1. The fraction of sp³-hybridized carbons (Fsp3) is 0.625. The van der Waals surface area contributed by atoms with E-state index >= 15 is 0 Å². The molecule has 2 atom stereocenters. The summed E-state index contributed by atoms with van der Waals surface area (Å²) in [6.45, 7) is 5.53. The molecule has 0 radical (unpaired) electrons. The molecule has 0 amide bonds. The molecule has 0 bridgehead atoms. The first-order valence-electron chi connectivity index (χ1n) is 7.63. The molecule has 1 heterocycles. The largest absolute Gasteiger partial charge is 0.487 e. The summed E-state index contributed by atoms with van der Waals surface area (Å²) < 4.78 is 51.0. The number of hydrogen-bond acceptors (Lipinski definition) is 3. The van der Waals surface area contributed by atoms with E-state index in [1.807, 2.05) is 13.8 Å². The minimum atomic E-state index is -4.56. The molecule has 1 aromatic rings. The van der Waals surface area contributed by atoms with Crippen LogP contribution in [0, 0.1) is 5.92 Å². The van der Waals surface area contributed by atoms with Gasteiger partial charge in [-0.3, -0.25) is 0 Å². The molecule has 0 unspecified atom stereocenters. The molecule has 130 valence electrons. The molecule has 23 heavy (non-hydrogen) atoms. The molecule has 0 aromatic heterocycles. The van der Waals surface area contributed by atoms with Crippen LogP contribution in [0.1, 0.15) is 25.8 Å². The average Bonchev–Trinajstić information content (AvgIpc) is 2.95. The summed E-state index contributed by atoms with van der Waals surface area (Å²) in [5.41, 5.74) is -0.929. The van der Waals surface area contributed by atoms with Crippen molar-refractivity contribution < 1.29 is 22.6 Å². The molecule has 1 fully saturated rings. The maximum atomic E-state index is 13.2. The molecular weight excluding hydrogens is 331 g/mol. The van der Waals surface area contributed by atoms with Gasteiger partial charge in [-0.1, -0.05) is 17.7 Å². The molecule has 0 aliphatic carbocycles. The highest BCUT2D eigenvalue weighted by molar-refractivity contribution is 6.31. The van der Waals surface area contributed by atoms with Crippen LogP contribution < -0.4 is 10.1 Å². The fourth-order valence-electron chi connectivity index (χ4n) is 2.59. The van der Waals surface area contributed by atoms with E-state index in [4.69, 9.17) is 21.1 Å². The van der Waals surface area contributed by atoms with Crippen molar-refractivity contribution in [2.75, 3.05) is 19.7 Å². The van der Waals surface area contributed by atoms with Crippen LogP contribution in [0.5, 0.6) is 5.75 Å². The van der Waals surface area contributed by atoms with Gasteiger partial charge >= 0.3 is 6.18 Å². The third-order valence-corrected chi connectivity index (χ3v) is 4.07. The lowest BCUT2D eigenvalue weighted by Crippen LogP contribution is -2.34. The highest BCUT2D eigenvalue weighted by Gasteiger charge is 2.38. The summed E-state index contributed by atoms with van der Waals surface area (Å²) in [6, 6.07) is 3.98. The van der Waals surface area contributed by atoms with Crippen molar-refractivity contribution in [2.24, 2.45) is 5.92 Å². The molecule has 1 aromatic carbocycles. The van der Waals surface area contributed by atoms with E-state index in [1.54, 1.807) is 0 Å². The van der Waals surface area contributed by atoms with Gasteiger partial charge in [-0.2, -0.15) is 13.2 Å². The lowest BCUT2D eigenvalue weighted by Gasteiger charge is -2.27. The van der Waals surface area contributed by atoms with Gasteiger partial charge in [0.2, 0.25) is 0 Å². The maximum absolute atomic E-state index is 13.2. The zero-order chi connectivity index (χ0) is 17.0. The number of alkyl halides is 3. The van der Waals surface area contributed by atoms with Crippen LogP contribution in [0.4, 0.5) is 13.2 Å². The van der Waals surface area contributed by atoms with Gasteiger partial charge in [0.15, 0.2) is 0 Å². The Labute approximate surface area is 139 Å². The van der Waals surface area contributed by atoms with Crippen LogP contribution in [-0.2, 0) is 10.9 Å². The zero-order valence-electron chi connectivity index (χ0n) is 13.1. The molecule has 3 nitrogen and oxygen atoms in total. The Hall–Kier alpha value is -0.980. The third-order valence-electron chi connectivity index (χ3n) is 3.76. The van der Waals surface area contributed by atoms with Crippen molar-refractivity contribution in [3.05, 3.63) is 28.8 Å². The van der Waals surface area contributed by atoms with Crippen molar-refractivity contribution in [3.63, 3.8) is 0 Å². The van der Waals surface area contributed by atoms with Gasteiger partial charge in [-0.05, 0) is 38.9 Å². The summed E-state index contributed by atoms with van der Waals surface area (Å²) >= 11 is 5.74. The molecule has 1 N–H and O–H groups in total. The summed E-state index contributed by atoms with van der Waals surface area (Å²) in [5.74, 6) is -0.136. The zero-order valence-corrected chi connectivity index (χ0v) is 13.9. The van der Waals surface area contributed by atoms with Gasteiger partial charge < -0.3 is 14.8 Å². The molecule has 1 aliphatic rings. The normalized spacial score (nSPS) is 20.0. The number of ether oxygens (including phenoxy) is 2. The van der Waals surface area contributed by atoms with Crippen LogP contribution in [0.15, 0.2) is 18.2 Å². The summed E-state index contributed by atoms with van der Waals surface area (Å²) in [6.07, 6.45) is -4.19. The monoisotopic (exact) mass is 351 g/mol. The van der Waals surface area contributed by atoms with Gasteiger partial charge in [0.1, 0.15) is 17.4 Å². The minimum absolute atomic E-state index is 0.0167. The average molecular weight is 352 g/mol. The Morgan fingerprint density at radius 2 is 2.09 bits per heavy atom. The number of hydrogen-bond donors (Lipinski definition) is 1. The van der Waals surface area contributed by atoms with Crippen LogP contribution in [0.25, 0.3) is 0 Å². The van der Waals surface area contributed by atoms with Crippen LogP contribution in [0.3, 0.4) is 0 Å². The second-order valence-corrected chi connectivity index (χ2v) is 6.31. The van der Waals surface area contributed by atoms with Crippen molar-refractivity contribution in [1.82, 2.24) is 5.32 Å². The molecule has 1 aliphatic heterocycles. The van der Waals surface area contributed by atoms with E-state index in [0.29, 0.717) is 6.54 Å². The first-order valence-corrected chi connectivity index (χ1v) is 8.01. The molecule has 7 heteroatoms. The van der Waals surface area contributed by atoms with E-state index in [0.717, 1.165) is 13.0 Å². The van der Waals surface area contributed by atoms with E-state index in [-0.39, 0.29) is 29.4 Å².